The molecule has 0 saturated carbocycles. The van der Waals surface area contributed by atoms with Crippen LogP contribution in [0.25, 0.3) is 10.2 Å². The number of carbonyl (C=O) groups is 1. The summed E-state index contributed by atoms with van der Waals surface area (Å²) in [5.41, 5.74) is 3.50. The number of hydrogen-bond acceptors (Lipinski definition) is 4. The van der Waals surface area contributed by atoms with Gasteiger partial charge < -0.3 is 4.90 Å². The fourth-order valence-corrected chi connectivity index (χ4v) is 5.75. The first-order chi connectivity index (χ1) is 13.7. The van der Waals surface area contributed by atoms with Crippen LogP contribution >= 0.6 is 11.3 Å². The fourth-order valence-electron chi connectivity index (χ4n) is 4.62. The van der Waals surface area contributed by atoms with Gasteiger partial charge in [0.15, 0.2) is 0 Å². The van der Waals surface area contributed by atoms with E-state index in [4.69, 9.17) is 4.98 Å². The van der Waals surface area contributed by atoms with Crippen molar-refractivity contribution in [2.45, 2.75) is 38.1 Å². The molecule has 3 heterocycles. The molecule has 2 aromatic carbocycles. The zero-order valence-electron chi connectivity index (χ0n) is 16.2. The maximum Gasteiger partial charge on any atom is 0.241 e. The first-order valence-corrected chi connectivity index (χ1v) is 11.0. The molecule has 0 aliphatic carbocycles. The summed E-state index contributed by atoms with van der Waals surface area (Å²) in [6.45, 7) is 4.61. The molecule has 0 spiro atoms. The van der Waals surface area contributed by atoms with Crippen molar-refractivity contribution >= 4 is 33.1 Å². The van der Waals surface area contributed by atoms with Crippen molar-refractivity contribution in [3.63, 3.8) is 0 Å². The van der Waals surface area contributed by atoms with E-state index in [1.54, 1.807) is 0 Å². The minimum atomic E-state index is 0.232. The summed E-state index contributed by atoms with van der Waals surface area (Å²) in [4.78, 5) is 22.2. The molecule has 5 heteroatoms. The van der Waals surface area contributed by atoms with Gasteiger partial charge >= 0.3 is 0 Å². The highest BCUT2D eigenvalue weighted by Crippen LogP contribution is 2.35. The van der Waals surface area contributed by atoms with E-state index < -0.39 is 0 Å². The Bertz CT molecular complexity index is 973. The van der Waals surface area contributed by atoms with Crippen molar-refractivity contribution in [3.8, 4) is 0 Å². The lowest BCUT2D eigenvalue weighted by Crippen LogP contribution is -2.45. The Morgan fingerprint density at radius 3 is 2.68 bits per heavy atom. The average molecular weight is 392 g/mol. The number of rotatable bonds is 3. The number of hydrogen-bond donors (Lipinski definition) is 0. The van der Waals surface area contributed by atoms with E-state index in [9.17, 15) is 4.79 Å². The number of carbonyl (C=O) groups excluding carboxylic acids is 1. The topological polar surface area (TPSA) is 36.4 Å². The standard InChI is InChI=1S/C23H25N3OS/c1-16-14-18-6-2-4-8-20(18)26(16)22(27)15-25-12-10-17(11-13-25)23-24-19-7-3-5-9-21(19)28-23/h2-9,16-17H,10-15H2,1H3. The molecule has 0 bridgehead atoms. The first-order valence-electron chi connectivity index (χ1n) is 10.2. The smallest absolute Gasteiger partial charge is 0.241 e. The van der Waals surface area contributed by atoms with E-state index in [1.807, 2.05) is 22.3 Å². The van der Waals surface area contributed by atoms with Gasteiger partial charge in [-0.25, -0.2) is 4.98 Å². The largest absolute Gasteiger partial charge is 0.308 e. The number of piperidine rings is 1. The summed E-state index contributed by atoms with van der Waals surface area (Å²) in [5.74, 6) is 0.756. The maximum absolute atomic E-state index is 13.0. The Kier molecular flexibility index (Phi) is 4.65. The molecule has 2 aliphatic heterocycles. The van der Waals surface area contributed by atoms with Crippen molar-refractivity contribution < 1.29 is 4.79 Å². The van der Waals surface area contributed by atoms with Crippen LogP contribution in [0.4, 0.5) is 5.69 Å². The highest BCUT2D eigenvalue weighted by atomic mass is 32.1. The Hall–Kier alpha value is -2.24. The molecule has 1 unspecified atom stereocenters. The third kappa shape index (κ3) is 3.23. The summed E-state index contributed by atoms with van der Waals surface area (Å²) in [7, 11) is 0. The number of amides is 1. The van der Waals surface area contributed by atoms with Crippen molar-refractivity contribution in [1.82, 2.24) is 9.88 Å². The molecule has 1 aromatic heterocycles. The van der Waals surface area contributed by atoms with E-state index in [1.165, 1.54) is 15.3 Å². The molecule has 4 nitrogen and oxygen atoms in total. The molecule has 1 saturated heterocycles. The van der Waals surface area contributed by atoms with Gasteiger partial charge in [0.1, 0.15) is 0 Å². The summed E-state index contributed by atoms with van der Waals surface area (Å²) in [6, 6.07) is 16.9. The number of aromatic nitrogens is 1. The molecule has 1 atom stereocenters. The van der Waals surface area contributed by atoms with E-state index in [0.717, 1.165) is 43.6 Å². The molecule has 1 amide bonds. The van der Waals surface area contributed by atoms with Crippen LogP contribution in [-0.4, -0.2) is 41.5 Å². The molecule has 5 rings (SSSR count). The molecule has 3 aromatic rings. The van der Waals surface area contributed by atoms with Crippen molar-refractivity contribution in [2.75, 3.05) is 24.5 Å². The van der Waals surface area contributed by atoms with Crippen molar-refractivity contribution in [3.05, 3.63) is 59.1 Å². The van der Waals surface area contributed by atoms with E-state index in [0.29, 0.717) is 12.5 Å². The van der Waals surface area contributed by atoms with Gasteiger partial charge in [0.05, 0.1) is 21.8 Å². The summed E-state index contributed by atoms with van der Waals surface area (Å²) >= 11 is 1.83. The summed E-state index contributed by atoms with van der Waals surface area (Å²) in [6.07, 6.45) is 3.13. The van der Waals surface area contributed by atoms with Crippen LogP contribution in [0.5, 0.6) is 0 Å². The molecule has 28 heavy (non-hydrogen) atoms. The number of likely N-dealkylation sites (tertiary alicyclic amines) is 1. The Morgan fingerprint density at radius 1 is 1.11 bits per heavy atom. The average Bonchev–Trinajstić information content (AvgIpc) is 3.28. The van der Waals surface area contributed by atoms with Crippen molar-refractivity contribution in [2.24, 2.45) is 0 Å². The molecular formula is C23H25N3OS. The molecule has 144 valence electrons. The third-order valence-electron chi connectivity index (χ3n) is 6.08. The van der Waals surface area contributed by atoms with Gasteiger partial charge in [0, 0.05) is 17.6 Å². The van der Waals surface area contributed by atoms with Gasteiger partial charge in [-0.15, -0.1) is 11.3 Å². The van der Waals surface area contributed by atoms with Crippen LogP contribution in [0.1, 0.15) is 36.3 Å². The summed E-state index contributed by atoms with van der Waals surface area (Å²) < 4.78 is 1.27. The predicted molar refractivity (Wildman–Crippen MR) is 115 cm³/mol. The van der Waals surface area contributed by atoms with Crippen LogP contribution in [0, 0.1) is 0 Å². The van der Waals surface area contributed by atoms with Crippen LogP contribution < -0.4 is 4.90 Å². The SMILES string of the molecule is CC1Cc2ccccc2N1C(=O)CN1CCC(c2nc3ccccc3s2)CC1. The van der Waals surface area contributed by atoms with Crippen LogP contribution in [-0.2, 0) is 11.2 Å². The normalized spacial score (nSPS) is 20.6. The van der Waals surface area contributed by atoms with Gasteiger partial charge in [-0.05, 0) is 63.0 Å². The zero-order chi connectivity index (χ0) is 19.1. The number of nitrogens with zero attached hydrogens (tertiary/aromatic N) is 3. The highest BCUT2D eigenvalue weighted by molar-refractivity contribution is 7.18. The molecule has 1 fully saturated rings. The lowest BCUT2D eigenvalue weighted by atomic mass is 9.97. The lowest BCUT2D eigenvalue weighted by molar-refractivity contribution is -0.120. The quantitative estimate of drug-likeness (QED) is 0.662. The number of para-hydroxylation sites is 2. The van der Waals surface area contributed by atoms with E-state index >= 15 is 0 Å². The number of anilines is 1. The van der Waals surface area contributed by atoms with Gasteiger partial charge in [-0.2, -0.15) is 0 Å². The minimum absolute atomic E-state index is 0.232. The monoisotopic (exact) mass is 391 g/mol. The highest BCUT2D eigenvalue weighted by Gasteiger charge is 2.32. The fraction of sp³-hybridized carbons (Fsp3) is 0.391. The van der Waals surface area contributed by atoms with Gasteiger partial charge in [-0.1, -0.05) is 30.3 Å². The number of fused-ring (bicyclic) bond motifs is 2. The third-order valence-corrected chi connectivity index (χ3v) is 7.28. The van der Waals surface area contributed by atoms with Gasteiger partial charge in [-0.3, -0.25) is 9.69 Å². The van der Waals surface area contributed by atoms with Gasteiger partial charge in [0.25, 0.3) is 0 Å². The Balaban J connectivity index is 1.22. The Morgan fingerprint density at radius 2 is 1.86 bits per heavy atom. The second-order valence-corrected chi connectivity index (χ2v) is 9.08. The molecular weight excluding hydrogens is 366 g/mol. The Labute approximate surface area is 169 Å². The number of thiazole rings is 1. The lowest BCUT2D eigenvalue weighted by Gasteiger charge is -2.32. The number of benzene rings is 2. The predicted octanol–water partition coefficient (Wildman–Crippen LogP) is 4.45. The maximum atomic E-state index is 13.0. The minimum Gasteiger partial charge on any atom is -0.308 e. The van der Waals surface area contributed by atoms with Gasteiger partial charge in [0.2, 0.25) is 5.91 Å². The zero-order valence-corrected chi connectivity index (χ0v) is 17.0. The molecule has 2 aliphatic rings. The van der Waals surface area contributed by atoms with Crippen LogP contribution in [0.15, 0.2) is 48.5 Å². The van der Waals surface area contributed by atoms with Crippen LogP contribution in [0.2, 0.25) is 0 Å². The van der Waals surface area contributed by atoms with E-state index in [-0.39, 0.29) is 11.9 Å². The summed E-state index contributed by atoms with van der Waals surface area (Å²) in [5, 5.41) is 1.26. The molecule has 0 N–H and O–H groups in total. The second kappa shape index (κ2) is 7.30. The molecule has 0 radical (unpaired) electrons. The van der Waals surface area contributed by atoms with Crippen LogP contribution in [0.3, 0.4) is 0 Å². The van der Waals surface area contributed by atoms with Crippen molar-refractivity contribution in [1.29, 1.82) is 0 Å². The first kappa shape index (κ1) is 17.8. The second-order valence-electron chi connectivity index (χ2n) is 8.02. The van der Waals surface area contributed by atoms with E-state index in [2.05, 4.69) is 54.3 Å².